The van der Waals surface area contributed by atoms with Gasteiger partial charge in [0.1, 0.15) is 0 Å². The Morgan fingerprint density at radius 3 is 1.64 bits per heavy atom. The molecule has 0 fully saturated rings. The van der Waals surface area contributed by atoms with Crippen LogP contribution < -0.4 is 0 Å². The van der Waals surface area contributed by atoms with E-state index >= 15 is 0 Å². The fourth-order valence-corrected chi connectivity index (χ4v) is 0.158. The van der Waals surface area contributed by atoms with E-state index in [1.165, 1.54) is 0 Å². The van der Waals surface area contributed by atoms with Crippen molar-refractivity contribution >= 4 is 10.4 Å². The number of aliphatic hydroxyl groups excluding tert-OH is 1. The van der Waals surface area contributed by atoms with Gasteiger partial charge < -0.3 is 14.2 Å². The zero-order valence-electron chi connectivity index (χ0n) is 6.32. The van der Waals surface area contributed by atoms with Crippen LogP contribution in [0.5, 0.6) is 0 Å². The van der Waals surface area contributed by atoms with Crippen molar-refractivity contribution in [2.75, 3.05) is 6.61 Å². The minimum atomic E-state index is -5.17. The Balaban J connectivity index is -0.000000107. The molecule has 0 unspecified atom stereocenters. The third kappa shape index (κ3) is 124. The topological polar surface area (TPSA) is 100 Å². The van der Waals surface area contributed by atoms with E-state index in [9.17, 15) is 0 Å². The molecule has 0 saturated carbocycles. The molecular weight excluding hydrogens is 225 g/mol. The van der Waals surface area contributed by atoms with E-state index in [0.717, 1.165) is 12.8 Å². The number of hydrogen-bond donors (Lipinski definition) is 1. The minimum absolute atomic E-state index is 0. The average molecular weight is 236 g/mol. The standard InChI is InChI=1S/C4H10O.H2O4S.Zn/c1-2-3-4-5;1-5(2,3)4;/h5H,2-4H2,1H3;(H2,1,2,3,4);/q;;+2/p-2. The summed E-state index contributed by atoms with van der Waals surface area (Å²) in [5, 5.41) is 8.07. The van der Waals surface area contributed by atoms with Crippen molar-refractivity contribution < 1.29 is 42.1 Å². The Hall–Kier alpha value is 0.453. The molecule has 0 bridgehead atoms. The maximum absolute atomic E-state index is 8.52. The third-order valence-electron chi connectivity index (χ3n) is 0.512. The van der Waals surface area contributed by atoms with Crippen LogP contribution in [-0.4, -0.2) is 29.2 Å². The van der Waals surface area contributed by atoms with Gasteiger partial charge in [-0.3, -0.25) is 8.42 Å². The van der Waals surface area contributed by atoms with Gasteiger partial charge in [0.2, 0.25) is 0 Å². The zero-order chi connectivity index (χ0) is 8.62. The van der Waals surface area contributed by atoms with Crippen LogP contribution in [0.4, 0.5) is 0 Å². The predicted octanol–water partition coefficient (Wildman–Crippen LogP) is -0.562. The minimum Gasteiger partial charge on any atom is -0.759 e. The summed E-state index contributed by atoms with van der Waals surface area (Å²) in [7, 11) is -5.17. The van der Waals surface area contributed by atoms with Gasteiger partial charge in [0.25, 0.3) is 0 Å². The molecule has 0 aliphatic rings. The monoisotopic (exact) mass is 234 g/mol. The second kappa shape index (κ2) is 10.5. The van der Waals surface area contributed by atoms with E-state index in [1.54, 1.807) is 0 Å². The van der Waals surface area contributed by atoms with Gasteiger partial charge in [-0.25, -0.2) is 0 Å². The van der Waals surface area contributed by atoms with Crippen molar-refractivity contribution in [1.82, 2.24) is 0 Å². The largest absolute Gasteiger partial charge is 2.00 e. The molecule has 7 heteroatoms. The van der Waals surface area contributed by atoms with Crippen LogP contribution in [0.15, 0.2) is 0 Å². The van der Waals surface area contributed by atoms with Crippen LogP contribution in [0, 0.1) is 0 Å². The van der Waals surface area contributed by atoms with Crippen LogP contribution in [0.1, 0.15) is 19.8 Å². The summed E-state index contributed by atoms with van der Waals surface area (Å²) in [5.74, 6) is 0. The molecule has 5 nitrogen and oxygen atoms in total. The van der Waals surface area contributed by atoms with E-state index in [1.807, 2.05) is 0 Å². The van der Waals surface area contributed by atoms with Gasteiger partial charge in [0.15, 0.2) is 0 Å². The number of rotatable bonds is 2. The Kier molecular flexibility index (Phi) is 16.6. The first-order valence-corrected chi connectivity index (χ1v) is 4.02. The van der Waals surface area contributed by atoms with Crippen molar-refractivity contribution in [3.63, 3.8) is 0 Å². The third-order valence-corrected chi connectivity index (χ3v) is 0.512. The van der Waals surface area contributed by atoms with Gasteiger partial charge in [0.05, 0.1) is 0 Å². The van der Waals surface area contributed by atoms with Gasteiger partial charge >= 0.3 is 19.5 Å². The molecule has 0 radical (unpaired) electrons. The van der Waals surface area contributed by atoms with Crippen molar-refractivity contribution in [2.24, 2.45) is 0 Å². The Morgan fingerprint density at radius 2 is 1.64 bits per heavy atom. The Morgan fingerprint density at radius 1 is 1.36 bits per heavy atom. The molecule has 0 amide bonds. The Labute approximate surface area is 79.1 Å². The quantitative estimate of drug-likeness (QED) is 0.393. The van der Waals surface area contributed by atoms with E-state index in [-0.39, 0.29) is 19.5 Å². The van der Waals surface area contributed by atoms with Crippen molar-refractivity contribution in [3.8, 4) is 0 Å². The first kappa shape index (κ1) is 17.5. The van der Waals surface area contributed by atoms with Gasteiger partial charge in [-0.05, 0) is 6.42 Å². The van der Waals surface area contributed by atoms with E-state index < -0.39 is 10.4 Å². The maximum Gasteiger partial charge on any atom is 2.00 e. The summed E-state index contributed by atoms with van der Waals surface area (Å²) >= 11 is 0. The molecule has 0 spiro atoms. The second-order valence-corrected chi connectivity index (χ2v) is 2.30. The van der Waals surface area contributed by atoms with E-state index in [4.69, 9.17) is 22.6 Å². The number of aliphatic hydroxyl groups is 1. The fraction of sp³-hybridized carbons (Fsp3) is 1.00. The van der Waals surface area contributed by atoms with Crippen LogP contribution >= 0.6 is 0 Å². The second-order valence-electron chi connectivity index (χ2n) is 1.49. The molecule has 0 heterocycles. The number of unbranched alkanes of at least 4 members (excludes halogenated alkanes) is 1. The average Bonchev–Trinajstić information content (AvgIpc) is 1.63. The molecule has 0 aromatic carbocycles. The molecule has 0 aromatic rings. The van der Waals surface area contributed by atoms with Crippen molar-refractivity contribution in [3.05, 3.63) is 0 Å². The molecule has 11 heavy (non-hydrogen) atoms. The Bertz CT molecular complexity index is 133. The fourth-order valence-electron chi connectivity index (χ4n) is 0.158. The molecule has 0 rings (SSSR count). The van der Waals surface area contributed by atoms with Crippen molar-refractivity contribution in [1.29, 1.82) is 0 Å². The first-order valence-electron chi connectivity index (χ1n) is 2.69. The molecule has 0 saturated heterocycles. The molecule has 64 valence electrons. The molecule has 0 aliphatic heterocycles. The van der Waals surface area contributed by atoms with Crippen LogP contribution in [0.2, 0.25) is 0 Å². The smallest absolute Gasteiger partial charge is 0.759 e. The first-order chi connectivity index (χ1) is 4.41. The summed E-state index contributed by atoms with van der Waals surface area (Å²) in [4.78, 5) is 0. The predicted molar refractivity (Wildman–Crippen MR) is 32.5 cm³/mol. The van der Waals surface area contributed by atoms with Crippen LogP contribution in [0.25, 0.3) is 0 Å². The molecule has 0 aliphatic carbocycles. The van der Waals surface area contributed by atoms with E-state index in [0.29, 0.717) is 6.61 Å². The SMILES string of the molecule is CCCCO.O=S(=O)([O-])[O-].[Zn+2]. The van der Waals surface area contributed by atoms with Gasteiger partial charge in [0, 0.05) is 17.0 Å². The van der Waals surface area contributed by atoms with Gasteiger partial charge in [-0.15, -0.1) is 0 Å². The molecular formula is C4H10O5SZn. The van der Waals surface area contributed by atoms with Gasteiger partial charge in [-0.2, -0.15) is 0 Å². The number of hydrogen-bond acceptors (Lipinski definition) is 5. The van der Waals surface area contributed by atoms with Crippen LogP contribution in [-0.2, 0) is 29.9 Å². The zero-order valence-corrected chi connectivity index (χ0v) is 10.1. The van der Waals surface area contributed by atoms with Crippen LogP contribution in [0.3, 0.4) is 0 Å². The summed E-state index contributed by atoms with van der Waals surface area (Å²) < 4.78 is 34.1. The summed E-state index contributed by atoms with van der Waals surface area (Å²) in [6.07, 6.45) is 2.04. The maximum atomic E-state index is 8.52. The molecule has 0 aromatic heterocycles. The summed E-state index contributed by atoms with van der Waals surface area (Å²) in [6, 6.07) is 0. The summed E-state index contributed by atoms with van der Waals surface area (Å²) in [5.41, 5.74) is 0. The summed E-state index contributed by atoms with van der Waals surface area (Å²) in [6.45, 7) is 2.40. The van der Waals surface area contributed by atoms with E-state index in [2.05, 4.69) is 6.92 Å². The normalized spacial score (nSPS) is 9.09. The van der Waals surface area contributed by atoms with Crippen molar-refractivity contribution in [2.45, 2.75) is 19.8 Å². The molecule has 1 N–H and O–H groups in total. The van der Waals surface area contributed by atoms with Gasteiger partial charge in [-0.1, -0.05) is 13.3 Å². The molecule has 0 atom stereocenters.